The van der Waals surface area contributed by atoms with Gasteiger partial charge in [0.1, 0.15) is 11.7 Å². The summed E-state index contributed by atoms with van der Waals surface area (Å²) in [5.74, 6) is -0.668. The van der Waals surface area contributed by atoms with Crippen LogP contribution in [-0.2, 0) is 16.1 Å². The van der Waals surface area contributed by atoms with Crippen molar-refractivity contribution in [2.24, 2.45) is 5.92 Å². The molecule has 2 amide bonds. The van der Waals surface area contributed by atoms with E-state index in [1.54, 1.807) is 6.07 Å². The molecule has 1 aromatic heterocycles. The molecule has 1 saturated carbocycles. The number of amides is 2. The van der Waals surface area contributed by atoms with Crippen molar-refractivity contribution in [2.75, 3.05) is 26.3 Å². The molecule has 1 aliphatic carbocycles. The summed E-state index contributed by atoms with van der Waals surface area (Å²) in [5.41, 5.74) is 0.580. The summed E-state index contributed by atoms with van der Waals surface area (Å²) < 4.78 is 11.2. The molecule has 2 aliphatic rings. The number of benzene rings is 1. The highest BCUT2D eigenvalue weighted by atomic mass is 32.2. The van der Waals surface area contributed by atoms with Gasteiger partial charge < -0.3 is 19.4 Å². The first-order valence-electron chi connectivity index (χ1n) is 14.7. The lowest BCUT2D eigenvalue weighted by molar-refractivity contribution is -0.129. The molecular weight excluding hydrogens is 542 g/mol. The third-order valence-corrected chi connectivity index (χ3v) is 8.46. The second-order valence-corrected chi connectivity index (χ2v) is 13.2. The largest absolute Gasteiger partial charge is 0.408 e. The van der Waals surface area contributed by atoms with Crippen molar-refractivity contribution in [3.63, 3.8) is 0 Å². The van der Waals surface area contributed by atoms with Crippen molar-refractivity contribution in [3.05, 3.63) is 41.3 Å². The maximum atomic E-state index is 13.8. The summed E-state index contributed by atoms with van der Waals surface area (Å²) in [6, 6.07) is 6.77. The molecule has 1 unspecified atom stereocenters. The number of nitrogens with zero attached hydrogens (tertiary/aromatic N) is 4. The molecule has 41 heavy (non-hydrogen) atoms. The highest BCUT2D eigenvalue weighted by Gasteiger charge is 2.45. The Labute approximate surface area is 246 Å². The van der Waals surface area contributed by atoms with Crippen LogP contribution in [0.25, 0.3) is 0 Å². The standard InChI is InChI=1S/C30H43N5O5S/c1-21(2)17-25(26(37)28-32-33-29(40-28)41-22(3)4)35(20-36)30(11-6-5-7-12-30)31-27(38)24-10-8-9-23(18-24)19-34-13-15-39-16-14-34/h8-10,18,20-22,25H,5-7,11-17,19H2,1-4H3,(H,31,38). The van der Waals surface area contributed by atoms with Crippen LogP contribution in [0.2, 0.25) is 0 Å². The Balaban J connectivity index is 1.59. The van der Waals surface area contributed by atoms with Gasteiger partial charge >= 0.3 is 0 Å². The normalized spacial score (nSPS) is 18.3. The van der Waals surface area contributed by atoms with Gasteiger partial charge in [0, 0.05) is 30.4 Å². The number of carbonyl (C=O) groups is 3. The Morgan fingerprint density at radius 2 is 1.85 bits per heavy atom. The monoisotopic (exact) mass is 585 g/mol. The smallest absolute Gasteiger partial charge is 0.286 e. The topological polar surface area (TPSA) is 118 Å². The summed E-state index contributed by atoms with van der Waals surface area (Å²) in [6.45, 7) is 11.9. The van der Waals surface area contributed by atoms with E-state index in [0.29, 0.717) is 49.7 Å². The summed E-state index contributed by atoms with van der Waals surface area (Å²) in [5, 5.41) is 11.8. The molecule has 10 nitrogen and oxygen atoms in total. The minimum atomic E-state index is -0.998. The lowest BCUT2D eigenvalue weighted by Crippen LogP contribution is -2.65. The Bertz CT molecular complexity index is 1170. The zero-order valence-electron chi connectivity index (χ0n) is 24.6. The minimum absolute atomic E-state index is 0.104. The summed E-state index contributed by atoms with van der Waals surface area (Å²) >= 11 is 1.38. The maximum absolute atomic E-state index is 13.8. The molecule has 2 heterocycles. The number of hydrogen-bond donors (Lipinski definition) is 1. The maximum Gasteiger partial charge on any atom is 0.286 e. The molecule has 1 aromatic carbocycles. The molecule has 2 fully saturated rings. The molecule has 1 aliphatic heterocycles. The van der Waals surface area contributed by atoms with Crippen LogP contribution in [0.4, 0.5) is 0 Å². The molecule has 0 radical (unpaired) electrons. The fourth-order valence-corrected chi connectivity index (χ4v) is 6.28. The zero-order valence-corrected chi connectivity index (χ0v) is 25.5. The van der Waals surface area contributed by atoms with Gasteiger partial charge in [-0.05, 0) is 55.7 Å². The lowest BCUT2D eigenvalue weighted by Gasteiger charge is -2.48. The van der Waals surface area contributed by atoms with E-state index < -0.39 is 17.5 Å². The van der Waals surface area contributed by atoms with Crippen molar-refractivity contribution in [1.29, 1.82) is 0 Å². The molecule has 4 rings (SSSR count). The van der Waals surface area contributed by atoms with E-state index in [0.717, 1.165) is 44.5 Å². The fraction of sp³-hybridized carbons (Fsp3) is 0.633. The van der Waals surface area contributed by atoms with E-state index >= 15 is 0 Å². The highest BCUT2D eigenvalue weighted by molar-refractivity contribution is 7.99. The lowest BCUT2D eigenvalue weighted by atomic mass is 9.84. The zero-order chi connectivity index (χ0) is 29.4. The van der Waals surface area contributed by atoms with E-state index in [4.69, 9.17) is 9.15 Å². The molecule has 1 saturated heterocycles. The number of ether oxygens (including phenoxy) is 1. The van der Waals surface area contributed by atoms with Gasteiger partial charge in [-0.25, -0.2) is 0 Å². The predicted molar refractivity (Wildman–Crippen MR) is 157 cm³/mol. The van der Waals surface area contributed by atoms with Crippen molar-refractivity contribution in [2.45, 2.75) is 94.9 Å². The Hall–Kier alpha value is -2.76. The second kappa shape index (κ2) is 14.4. The van der Waals surface area contributed by atoms with Crippen LogP contribution >= 0.6 is 11.8 Å². The third-order valence-electron chi connectivity index (χ3n) is 7.62. The van der Waals surface area contributed by atoms with Crippen LogP contribution in [0.1, 0.15) is 92.8 Å². The SMILES string of the molecule is CC(C)CC(C(=O)c1nnc(SC(C)C)o1)N(C=O)C1(NC(=O)c2cccc(CN3CCOCC3)c2)CCCCC1. The van der Waals surface area contributed by atoms with E-state index in [1.807, 2.05) is 45.9 Å². The van der Waals surface area contributed by atoms with E-state index in [2.05, 4.69) is 20.4 Å². The number of morpholine rings is 1. The van der Waals surface area contributed by atoms with Gasteiger partial charge in [0.2, 0.25) is 12.2 Å². The quantitative estimate of drug-likeness (QED) is 0.156. The van der Waals surface area contributed by atoms with Gasteiger partial charge in [-0.2, -0.15) is 0 Å². The predicted octanol–water partition coefficient (Wildman–Crippen LogP) is 4.55. The number of aromatic nitrogens is 2. The number of Topliss-reactive ketones (excluding diaryl/α,β-unsaturated/α-hetero) is 1. The molecule has 11 heteroatoms. The van der Waals surface area contributed by atoms with Crippen LogP contribution in [0.5, 0.6) is 0 Å². The van der Waals surface area contributed by atoms with Gasteiger partial charge in [0.05, 0.1) is 13.2 Å². The van der Waals surface area contributed by atoms with Crippen LogP contribution in [0, 0.1) is 5.92 Å². The number of hydrogen-bond acceptors (Lipinski definition) is 9. The molecule has 0 spiro atoms. The van der Waals surface area contributed by atoms with Gasteiger partial charge in [-0.15, -0.1) is 10.2 Å². The van der Waals surface area contributed by atoms with Crippen LogP contribution in [0.3, 0.4) is 0 Å². The van der Waals surface area contributed by atoms with Gasteiger partial charge in [-0.1, -0.05) is 58.0 Å². The fourth-order valence-electron chi connectivity index (χ4n) is 5.66. The average molecular weight is 586 g/mol. The third kappa shape index (κ3) is 8.17. The Kier molecular flexibility index (Phi) is 11.0. The number of carbonyl (C=O) groups excluding carboxylic acids is 3. The molecule has 1 atom stereocenters. The Morgan fingerprint density at radius 3 is 2.51 bits per heavy atom. The van der Waals surface area contributed by atoms with Crippen molar-refractivity contribution < 1.29 is 23.5 Å². The summed E-state index contributed by atoms with van der Waals surface area (Å²) in [4.78, 5) is 44.3. The van der Waals surface area contributed by atoms with E-state index in [-0.39, 0.29) is 23.0 Å². The summed E-state index contributed by atoms with van der Waals surface area (Å²) in [6.07, 6.45) is 4.91. The van der Waals surface area contributed by atoms with Crippen molar-refractivity contribution in [3.8, 4) is 0 Å². The first-order chi connectivity index (χ1) is 19.7. The highest BCUT2D eigenvalue weighted by Crippen LogP contribution is 2.35. The average Bonchev–Trinajstić information content (AvgIpc) is 3.41. The van der Waals surface area contributed by atoms with E-state index in [1.165, 1.54) is 16.7 Å². The van der Waals surface area contributed by atoms with Crippen molar-refractivity contribution >= 4 is 29.9 Å². The number of thioether (sulfide) groups is 1. The minimum Gasteiger partial charge on any atom is -0.408 e. The molecule has 224 valence electrons. The first kappa shape index (κ1) is 31.2. The van der Waals surface area contributed by atoms with Crippen LogP contribution < -0.4 is 5.32 Å². The van der Waals surface area contributed by atoms with Crippen molar-refractivity contribution in [1.82, 2.24) is 25.3 Å². The molecule has 0 bridgehead atoms. The first-order valence-corrected chi connectivity index (χ1v) is 15.6. The van der Waals surface area contributed by atoms with Gasteiger partial charge in [0.15, 0.2) is 0 Å². The second-order valence-electron chi connectivity index (χ2n) is 11.7. The molecular formula is C30H43N5O5S. The molecule has 2 aromatic rings. The number of nitrogens with one attached hydrogen (secondary N) is 1. The van der Waals surface area contributed by atoms with Gasteiger partial charge in [-0.3, -0.25) is 19.3 Å². The van der Waals surface area contributed by atoms with E-state index in [9.17, 15) is 14.4 Å². The molecule has 1 N–H and O–H groups in total. The Morgan fingerprint density at radius 1 is 1.12 bits per heavy atom. The number of rotatable bonds is 13. The van der Waals surface area contributed by atoms with Crippen LogP contribution in [-0.4, -0.2) is 81.4 Å². The van der Waals surface area contributed by atoms with Crippen LogP contribution in [0.15, 0.2) is 33.9 Å². The van der Waals surface area contributed by atoms with Gasteiger partial charge in [0.25, 0.3) is 17.0 Å². The summed E-state index contributed by atoms with van der Waals surface area (Å²) in [7, 11) is 0. The number of ketones is 1.